The fourth-order valence-electron chi connectivity index (χ4n) is 3.38. The van der Waals surface area contributed by atoms with Gasteiger partial charge < -0.3 is 52.1 Å². The summed E-state index contributed by atoms with van der Waals surface area (Å²) >= 11 is 0. The molecule has 12 heteroatoms. The molecule has 1 heterocycles. The highest BCUT2D eigenvalue weighted by atomic mass is 16.7. The number of epoxide rings is 1. The topological polar surface area (TPSA) is 122 Å². The molecule has 1 aliphatic heterocycles. The molecule has 0 N–H and O–H groups in total. The number of carbonyl (C=O) groups excluding carboxylic acids is 1. The number of hydrogen-bond donors (Lipinski definition) is 0. The van der Waals surface area contributed by atoms with Crippen LogP contribution in [0.4, 0.5) is 0 Å². The zero-order valence-corrected chi connectivity index (χ0v) is 21.5. The Hall–Kier alpha value is -3.13. The number of ether oxygens (including phenoxy) is 11. The third-order valence-corrected chi connectivity index (χ3v) is 4.96. The first-order chi connectivity index (χ1) is 18.1. The van der Waals surface area contributed by atoms with Crippen molar-refractivity contribution < 1.29 is 56.9 Å². The summed E-state index contributed by atoms with van der Waals surface area (Å²) in [4.78, 5) is 13.7. The lowest BCUT2D eigenvalue weighted by Gasteiger charge is -2.17. The zero-order chi connectivity index (χ0) is 26.6. The first-order valence-corrected chi connectivity index (χ1v) is 11.2. The van der Waals surface area contributed by atoms with Crippen molar-refractivity contribution in [3.05, 3.63) is 41.5 Å². The fourth-order valence-corrected chi connectivity index (χ4v) is 3.38. The molecule has 0 bridgehead atoms. The molecule has 12 nitrogen and oxygen atoms in total. The zero-order valence-electron chi connectivity index (χ0n) is 21.5. The highest BCUT2D eigenvalue weighted by Crippen LogP contribution is 2.46. The molecule has 1 fully saturated rings. The Morgan fingerprint density at radius 2 is 1.03 bits per heavy atom. The Kier molecular flexibility index (Phi) is 11.2. The molecule has 2 atom stereocenters. The van der Waals surface area contributed by atoms with Crippen molar-refractivity contribution in [1.29, 1.82) is 0 Å². The van der Waals surface area contributed by atoms with Crippen molar-refractivity contribution in [2.75, 3.05) is 69.5 Å². The van der Waals surface area contributed by atoms with Crippen LogP contribution in [0.5, 0.6) is 28.7 Å². The van der Waals surface area contributed by atoms with Gasteiger partial charge in [-0.1, -0.05) is 0 Å². The molecular weight excluding hydrogens is 492 g/mol. The van der Waals surface area contributed by atoms with E-state index in [4.69, 9.17) is 52.1 Å². The molecule has 1 saturated heterocycles. The molecule has 0 amide bonds. The van der Waals surface area contributed by atoms with Gasteiger partial charge in [0.25, 0.3) is 0 Å². The van der Waals surface area contributed by atoms with Crippen LogP contribution < -0.4 is 23.7 Å². The smallest absolute Gasteiger partial charge is 0.202 e. The van der Waals surface area contributed by atoms with Crippen LogP contribution in [-0.4, -0.2) is 81.4 Å². The van der Waals surface area contributed by atoms with Gasteiger partial charge in [0, 0.05) is 53.7 Å². The largest absolute Gasteiger partial charge is 0.467 e. The van der Waals surface area contributed by atoms with E-state index in [9.17, 15) is 4.79 Å². The van der Waals surface area contributed by atoms with Crippen molar-refractivity contribution >= 4 is 5.78 Å². The Bertz CT molecular complexity index is 956. The number of Topliss-reactive ketones (excluding diaryl/α,β-unsaturated/α-hetero) is 1. The molecule has 37 heavy (non-hydrogen) atoms. The minimum absolute atomic E-state index is 0.0104. The summed E-state index contributed by atoms with van der Waals surface area (Å²) < 4.78 is 58.9. The second-order valence-corrected chi connectivity index (χ2v) is 7.63. The fraction of sp³-hybridized carbons (Fsp3) is 0.480. The lowest BCUT2D eigenvalue weighted by atomic mass is 10.0. The van der Waals surface area contributed by atoms with E-state index in [1.165, 1.54) is 35.5 Å². The second-order valence-electron chi connectivity index (χ2n) is 7.63. The van der Waals surface area contributed by atoms with Gasteiger partial charge in [-0.05, 0) is 17.7 Å². The molecule has 2 aromatic carbocycles. The number of benzene rings is 2. The molecule has 0 aliphatic carbocycles. The van der Waals surface area contributed by atoms with Gasteiger partial charge in [-0.25, -0.2) is 0 Å². The molecule has 0 spiro atoms. The minimum Gasteiger partial charge on any atom is -0.467 e. The lowest BCUT2D eigenvalue weighted by molar-refractivity contribution is 0.0397. The molecule has 2 unspecified atom stereocenters. The summed E-state index contributed by atoms with van der Waals surface area (Å²) in [6, 6.07) is 8.30. The van der Waals surface area contributed by atoms with Crippen molar-refractivity contribution in [3.8, 4) is 28.7 Å². The van der Waals surface area contributed by atoms with Crippen molar-refractivity contribution in [3.63, 3.8) is 0 Å². The highest BCUT2D eigenvalue weighted by molar-refractivity contribution is 6.06. The number of methoxy groups -OCH3 is 5. The summed E-state index contributed by atoms with van der Waals surface area (Å²) in [5.74, 6) is 1.37. The van der Waals surface area contributed by atoms with Gasteiger partial charge in [-0.3, -0.25) is 4.79 Å². The first kappa shape index (κ1) is 28.4. The third-order valence-electron chi connectivity index (χ3n) is 4.96. The van der Waals surface area contributed by atoms with Gasteiger partial charge >= 0.3 is 0 Å². The van der Waals surface area contributed by atoms with Crippen molar-refractivity contribution in [2.24, 2.45) is 0 Å². The van der Waals surface area contributed by atoms with Crippen LogP contribution in [0.2, 0.25) is 0 Å². The summed E-state index contributed by atoms with van der Waals surface area (Å²) in [5, 5.41) is 0. The van der Waals surface area contributed by atoms with E-state index >= 15 is 0 Å². The van der Waals surface area contributed by atoms with E-state index in [0.717, 1.165) is 0 Å². The molecule has 2 aromatic rings. The lowest BCUT2D eigenvalue weighted by Crippen LogP contribution is -2.15. The maximum absolute atomic E-state index is 13.7. The van der Waals surface area contributed by atoms with Crippen LogP contribution in [-0.2, 0) is 28.4 Å². The van der Waals surface area contributed by atoms with E-state index in [1.807, 2.05) is 0 Å². The third kappa shape index (κ3) is 7.92. The number of hydrogen-bond acceptors (Lipinski definition) is 12. The Morgan fingerprint density at radius 3 is 1.46 bits per heavy atom. The Morgan fingerprint density at radius 1 is 0.622 bits per heavy atom. The summed E-state index contributed by atoms with van der Waals surface area (Å²) in [6.45, 7) is -0.140. The highest BCUT2D eigenvalue weighted by Gasteiger charge is 2.48. The monoisotopic (exact) mass is 524 g/mol. The maximum Gasteiger partial charge on any atom is 0.202 e. The van der Waals surface area contributed by atoms with Crippen molar-refractivity contribution in [1.82, 2.24) is 0 Å². The summed E-state index contributed by atoms with van der Waals surface area (Å²) in [7, 11) is 7.47. The maximum atomic E-state index is 13.7. The molecule has 3 rings (SSSR count). The molecule has 1 aliphatic rings. The number of ketones is 1. The molecule has 0 saturated carbocycles. The van der Waals surface area contributed by atoms with Crippen LogP contribution >= 0.6 is 0 Å². The SMILES string of the molecule is COCOc1cc(OCOC)cc(C2OC2C(=O)c2c(OCOC)cc(OCOC)cc2OCOC)c1. The summed E-state index contributed by atoms with van der Waals surface area (Å²) in [5.41, 5.74) is 0.839. The summed E-state index contributed by atoms with van der Waals surface area (Å²) in [6.07, 6.45) is -1.37. The van der Waals surface area contributed by atoms with Gasteiger partial charge in [-0.2, -0.15) is 0 Å². The molecular formula is C25H32O12. The second kappa shape index (κ2) is 14.6. The van der Waals surface area contributed by atoms with Crippen LogP contribution in [0.25, 0.3) is 0 Å². The van der Waals surface area contributed by atoms with E-state index in [2.05, 4.69) is 0 Å². The molecule has 204 valence electrons. The van der Waals surface area contributed by atoms with Crippen LogP contribution in [0.3, 0.4) is 0 Å². The normalized spacial score (nSPS) is 16.2. The Labute approximate surface area is 215 Å². The van der Waals surface area contributed by atoms with E-state index in [-0.39, 0.29) is 56.8 Å². The van der Waals surface area contributed by atoms with Gasteiger partial charge in [0.1, 0.15) is 40.4 Å². The average molecular weight is 525 g/mol. The molecule has 0 aromatic heterocycles. The number of rotatable bonds is 18. The predicted octanol–water partition coefficient (Wildman–Crippen LogP) is 2.92. The minimum atomic E-state index is -0.812. The van der Waals surface area contributed by atoms with Crippen LogP contribution in [0.1, 0.15) is 22.0 Å². The van der Waals surface area contributed by atoms with Gasteiger partial charge in [0.2, 0.25) is 5.78 Å². The van der Waals surface area contributed by atoms with Gasteiger partial charge in [-0.15, -0.1) is 0 Å². The average Bonchev–Trinajstić information content (AvgIpc) is 3.72. The Balaban J connectivity index is 1.91. The van der Waals surface area contributed by atoms with E-state index < -0.39 is 12.2 Å². The van der Waals surface area contributed by atoms with Gasteiger partial charge in [0.05, 0.1) is 0 Å². The van der Waals surface area contributed by atoms with Gasteiger partial charge in [0.15, 0.2) is 40.1 Å². The quantitative estimate of drug-likeness (QED) is 0.162. The van der Waals surface area contributed by atoms with Crippen LogP contribution in [0, 0.1) is 0 Å². The van der Waals surface area contributed by atoms with E-state index in [1.54, 1.807) is 30.3 Å². The van der Waals surface area contributed by atoms with Crippen molar-refractivity contribution in [2.45, 2.75) is 12.2 Å². The number of carbonyl (C=O) groups is 1. The van der Waals surface area contributed by atoms with E-state index in [0.29, 0.717) is 22.8 Å². The van der Waals surface area contributed by atoms with Crippen LogP contribution in [0.15, 0.2) is 30.3 Å². The first-order valence-electron chi connectivity index (χ1n) is 11.2. The predicted molar refractivity (Wildman–Crippen MR) is 127 cm³/mol. The molecule has 0 radical (unpaired) electrons. The standard InChI is InChI=1S/C25H32O12/c1-27-11-32-17-6-16(7-18(8-17)33-12-28-2)24-25(37-24)23(26)22-20(35-14-30-4)9-19(34-13-29-3)10-21(22)36-15-31-5/h6-10,24-25H,11-15H2,1-5H3.